The van der Waals surface area contributed by atoms with Gasteiger partial charge < -0.3 is 20.5 Å². The topological polar surface area (TPSA) is 108 Å². The van der Waals surface area contributed by atoms with Crippen LogP contribution in [-0.2, 0) is 11.8 Å². The van der Waals surface area contributed by atoms with Crippen molar-refractivity contribution in [2.24, 2.45) is 13.0 Å². The van der Waals surface area contributed by atoms with Crippen molar-refractivity contribution in [2.75, 3.05) is 44.4 Å². The highest BCUT2D eigenvalue weighted by atomic mass is 16.5. The van der Waals surface area contributed by atoms with Crippen molar-refractivity contribution in [1.82, 2.24) is 19.7 Å². The number of hydrogen-bond donors (Lipinski definition) is 2. The van der Waals surface area contributed by atoms with Crippen LogP contribution in [0.5, 0.6) is 5.88 Å². The zero-order valence-electron chi connectivity index (χ0n) is 21.2. The third-order valence-corrected chi connectivity index (χ3v) is 7.29. The molecule has 3 heterocycles. The Balaban J connectivity index is 1.26. The molecule has 1 aliphatic heterocycles. The minimum Gasteiger partial charge on any atom is -0.476 e. The molecule has 5 rings (SSSR count). The van der Waals surface area contributed by atoms with Gasteiger partial charge in [0.1, 0.15) is 6.61 Å². The Labute approximate surface area is 211 Å². The van der Waals surface area contributed by atoms with E-state index in [9.17, 15) is 4.79 Å². The summed E-state index contributed by atoms with van der Waals surface area (Å²) in [6, 6.07) is 11.4. The number of pyridine rings is 1. The second-order valence-electron chi connectivity index (χ2n) is 10.0. The number of rotatable bonds is 8. The highest BCUT2D eigenvalue weighted by Crippen LogP contribution is 2.42. The molecule has 0 radical (unpaired) electrons. The second-order valence-corrected chi connectivity index (χ2v) is 10.0. The first kappa shape index (κ1) is 24.1. The van der Waals surface area contributed by atoms with Crippen molar-refractivity contribution in [1.29, 1.82) is 0 Å². The van der Waals surface area contributed by atoms with Gasteiger partial charge in [0.25, 0.3) is 0 Å². The normalized spacial score (nSPS) is 21.4. The molecule has 1 aromatic carbocycles. The summed E-state index contributed by atoms with van der Waals surface area (Å²) in [5.41, 5.74) is 10.6. The van der Waals surface area contributed by atoms with E-state index in [0.717, 1.165) is 48.7 Å². The first-order valence-corrected chi connectivity index (χ1v) is 12.4. The molecule has 2 aromatic heterocycles. The molecule has 9 nitrogen and oxygen atoms in total. The predicted molar refractivity (Wildman–Crippen MR) is 139 cm³/mol. The number of carbonyl (C=O) groups is 1. The van der Waals surface area contributed by atoms with Crippen molar-refractivity contribution in [2.45, 2.75) is 31.7 Å². The van der Waals surface area contributed by atoms with E-state index in [1.165, 1.54) is 20.0 Å². The molecule has 2 unspecified atom stereocenters. The number of carbonyl (C=O) groups excluding carboxylic acids is 1. The van der Waals surface area contributed by atoms with Gasteiger partial charge in [-0.25, -0.2) is 9.48 Å². The van der Waals surface area contributed by atoms with Gasteiger partial charge in [-0.1, -0.05) is 12.1 Å². The van der Waals surface area contributed by atoms with Crippen LogP contribution in [0.3, 0.4) is 0 Å². The summed E-state index contributed by atoms with van der Waals surface area (Å²) in [6.07, 6.45) is 5.27. The van der Waals surface area contributed by atoms with E-state index >= 15 is 0 Å². The SMILES string of the molecule is COC(=O)c1cc(C)nc(-c2cnn(C)c2OCCN2CC3CCC(Nc4ccccc4N)(C3)C2)c1. The quantitative estimate of drug-likeness (QED) is 0.365. The van der Waals surface area contributed by atoms with Gasteiger partial charge in [0, 0.05) is 32.4 Å². The number of methoxy groups -OCH3 is 1. The Bertz CT molecular complexity index is 1260. The van der Waals surface area contributed by atoms with Gasteiger partial charge >= 0.3 is 5.97 Å². The standard InChI is InChI=1S/C27H34N6O3/c1-18-12-20(26(34)35-3)13-24(30-18)21-15-29-32(2)25(21)36-11-10-33-16-19-8-9-27(14-19,17-33)31-23-7-5-4-6-22(23)28/h4-7,12-13,15,19,31H,8-11,14,16-17,28H2,1-3H3. The van der Waals surface area contributed by atoms with Crippen molar-refractivity contribution in [3.63, 3.8) is 0 Å². The first-order valence-electron chi connectivity index (χ1n) is 12.4. The zero-order valence-corrected chi connectivity index (χ0v) is 21.2. The molecular weight excluding hydrogens is 456 g/mol. The van der Waals surface area contributed by atoms with Crippen molar-refractivity contribution in [3.05, 3.63) is 53.9 Å². The number of hydrogen-bond acceptors (Lipinski definition) is 8. The number of esters is 1. The van der Waals surface area contributed by atoms with E-state index in [2.05, 4.69) is 26.4 Å². The van der Waals surface area contributed by atoms with Crippen LogP contribution in [0.1, 0.15) is 35.3 Å². The van der Waals surface area contributed by atoms with Gasteiger partial charge in [0.05, 0.1) is 47.0 Å². The highest BCUT2D eigenvalue weighted by Gasteiger charge is 2.45. The van der Waals surface area contributed by atoms with E-state index in [-0.39, 0.29) is 5.54 Å². The summed E-state index contributed by atoms with van der Waals surface area (Å²) in [5, 5.41) is 8.17. The predicted octanol–water partition coefficient (Wildman–Crippen LogP) is 3.50. The third kappa shape index (κ3) is 4.88. The maximum atomic E-state index is 12.1. The largest absolute Gasteiger partial charge is 0.476 e. The molecule has 36 heavy (non-hydrogen) atoms. The molecule has 0 amide bonds. The van der Waals surface area contributed by atoms with Gasteiger partial charge in [0.2, 0.25) is 5.88 Å². The first-order chi connectivity index (χ1) is 17.4. The molecule has 190 valence electrons. The summed E-state index contributed by atoms with van der Waals surface area (Å²) in [7, 11) is 3.22. The molecule has 2 atom stereocenters. The van der Waals surface area contributed by atoms with Crippen molar-refractivity contribution >= 4 is 17.3 Å². The Morgan fingerprint density at radius 3 is 2.94 bits per heavy atom. The Morgan fingerprint density at radius 2 is 2.14 bits per heavy atom. The number of benzene rings is 1. The number of nitrogens with one attached hydrogen (secondary N) is 1. The minimum atomic E-state index is -0.396. The third-order valence-electron chi connectivity index (χ3n) is 7.29. The summed E-state index contributed by atoms with van der Waals surface area (Å²) in [4.78, 5) is 19.2. The number of fused-ring (bicyclic) bond motifs is 2. The van der Waals surface area contributed by atoms with Gasteiger partial charge in [-0.15, -0.1) is 0 Å². The lowest BCUT2D eigenvalue weighted by molar-refractivity contribution is 0.0600. The molecule has 2 aliphatic rings. The van der Waals surface area contributed by atoms with Crippen LogP contribution in [0.15, 0.2) is 42.6 Å². The summed E-state index contributed by atoms with van der Waals surface area (Å²) < 4.78 is 12.8. The number of nitrogens with zero attached hydrogens (tertiary/aromatic N) is 4. The number of piperidine rings is 1. The fourth-order valence-corrected chi connectivity index (χ4v) is 5.70. The number of likely N-dealkylation sites (tertiary alicyclic amines) is 1. The van der Waals surface area contributed by atoms with Crippen LogP contribution in [0.25, 0.3) is 11.3 Å². The molecule has 9 heteroatoms. The second kappa shape index (κ2) is 9.81. The molecule has 1 aliphatic carbocycles. The van der Waals surface area contributed by atoms with Gasteiger partial charge in [-0.05, 0) is 56.4 Å². The average molecular weight is 491 g/mol. The molecule has 1 saturated heterocycles. The van der Waals surface area contributed by atoms with E-state index in [4.69, 9.17) is 15.2 Å². The molecular formula is C27H34N6O3. The van der Waals surface area contributed by atoms with Crippen LogP contribution in [0.4, 0.5) is 11.4 Å². The average Bonchev–Trinajstić information content (AvgIpc) is 3.38. The molecule has 2 fully saturated rings. The molecule has 1 saturated carbocycles. The van der Waals surface area contributed by atoms with E-state index in [1.54, 1.807) is 23.0 Å². The Morgan fingerprint density at radius 1 is 1.31 bits per heavy atom. The Kier molecular flexibility index (Phi) is 6.57. The number of aryl methyl sites for hydroxylation is 2. The summed E-state index contributed by atoms with van der Waals surface area (Å²) >= 11 is 0. The molecule has 2 bridgehead atoms. The molecule has 0 spiro atoms. The monoisotopic (exact) mass is 490 g/mol. The zero-order chi connectivity index (χ0) is 25.3. The number of para-hydroxylation sites is 2. The number of anilines is 2. The minimum absolute atomic E-state index is 0.0475. The lowest BCUT2D eigenvalue weighted by atomic mass is 9.90. The summed E-state index contributed by atoms with van der Waals surface area (Å²) in [5.74, 6) is 0.915. The number of ether oxygens (including phenoxy) is 2. The van der Waals surface area contributed by atoms with Gasteiger partial charge in [-0.2, -0.15) is 5.10 Å². The van der Waals surface area contributed by atoms with Gasteiger partial charge in [-0.3, -0.25) is 9.88 Å². The fraction of sp³-hybridized carbons (Fsp3) is 0.444. The van der Waals surface area contributed by atoms with Crippen molar-refractivity contribution < 1.29 is 14.3 Å². The number of nitrogens with two attached hydrogens (primary N) is 1. The fourth-order valence-electron chi connectivity index (χ4n) is 5.70. The number of aromatic nitrogens is 3. The van der Waals surface area contributed by atoms with E-state index < -0.39 is 5.97 Å². The smallest absolute Gasteiger partial charge is 0.337 e. The number of nitrogen functional groups attached to an aromatic ring is 1. The van der Waals surface area contributed by atoms with Crippen LogP contribution < -0.4 is 15.8 Å². The lowest BCUT2D eigenvalue weighted by Gasteiger charge is -2.41. The van der Waals surface area contributed by atoms with E-state index in [1.807, 2.05) is 32.2 Å². The molecule has 3 N–H and O–H groups in total. The maximum absolute atomic E-state index is 12.1. The van der Waals surface area contributed by atoms with Crippen molar-refractivity contribution in [3.8, 4) is 17.1 Å². The van der Waals surface area contributed by atoms with Gasteiger partial charge in [0.15, 0.2) is 0 Å². The Hall–Kier alpha value is -3.59. The lowest BCUT2D eigenvalue weighted by Crippen LogP contribution is -2.52. The van der Waals surface area contributed by atoms with Crippen LogP contribution in [0.2, 0.25) is 0 Å². The van der Waals surface area contributed by atoms with Crippen LogP contribution in [0, 0.1) is 12.8 Å². The maximum Gasteiger partial charge on any atom is 0.337 e. The van der Waals surface area contributed by atoms with Crippen LogP contribution in [-0.4, -0.2) is 64.5 Å². The summed E-state index contributed by atoms with van der Waals surface area (Å²) in [6.45, 7) is 5.23. The highest BCUT2D eigenvalue weighted by molar-refractivity contribution is 5.90. The van der Waals surface area contributed by atoms with E-state index in [0.29, 0.717) is 29.7 Å². The van der Waals surface area contributed by atoms with Crippen LogP contribution >= 0.6 is 0 Å². The molecule has 3 aromatic rings.